The van der Waals surface area contributed by atoms with Crippen molar-refractivity contribution in [2.24, 2.45) is 0 Å². The van der Waals surface area contributed by atoms with Crippen molar-refractivity contribution in [3.63, 3.8) is 0 Å². The van der Waals surface area contributed by atoms with Crippen molar-refractivity contribution in [3.05, 3.63) is 53.1 Å². The van der Waals surface area contributed by atoms with E-state index in [0.717, 1.165) is 48.5 Å². The molecule has 0 aromatic heterocycles. The van der Waals surface area contributed by atoms with Gasteiger partial charge >= 0.3 is 0 Å². The topological polar surface area (TPSA) is 27.7 Å². The molecule has 0 unspecified atom stereocenters. The second-order valence-corrected chi connectivity index (χ2v) is 5.58. The van der Waals surface area contributed by atoms with Crippen molar-refractivity contribution in [3.8, 4) is 17.2 Å². The monoisotopic (exact) mass is 314 g/mol. The van der Waals surface area contributed by atoms with Gasteiger partial charge in [-0.3, -0.25) is 0 Å². The van der Waals surface area contributed by atoms with Crippen molar-refractivity contribution >= 4 is 0 Å². The van der Waals surface area contributed by atoms with E-state index in [1.807, 2.05) is 12.1 Å². The molecular weight excluding hydrogens is 288 g/mol. The summed E-state index contributed by atoms with van der Waals surface area (Å²) in [4.78, 5) is 0. The molecule has 2 aromatic rings. The lowest BCUT2D eigenvalue weighted by molar-refractivity contribution is 0.384. The number of benzene rings is 2. The van der Waals surface area contributed by atoms with Crippen LogP contribution in [0.3, 0.4) is 0 Å². The Kier molecular flexibility index (Phi) is 6.33. The summed E-state index contributed by atoms with van der Waals surface area (Å²) in [5.74, 6) is 2.74. The van der Waals surface area contributed by atoms with Crippen molar-refractivity contribution in [2.75, 3.05) is 21.3 Å². The smallest absolute Gasteiger partial charge is 0.126 e. The summed E-state index contributed by atoms with van der Waals surface area (Å²) in [7, 11) is 5.13. The first-order chi connectivity index (χ1) is 11.2. The lowest BCUT2D eigenvalue weighted by atomic mass is 10.00. The van der Waals surface area contributed by atoms with Gasteiger partial charge in [-0.15, -0.1) is 0 Å². The van der Waals surface area contributed by atoms with Gasteiger partial charge in [0, 0.05) is 5.56 Å². The second-order valence-electron chi connectivity index (χ2n) is 5.58. The average Bonchev–Trinajstić information content (AvgIpc) is 2.61. The van der Waals surface area contributed by atoms with Crippen molar-refractivity contribution in [2.45, 2.75) is 32.6 Å². The Hall–Kier alpha value is -2.16. The molecule has 0 bridgehead atoms. The summed E-state index contributed by atoms with van der Waals surface area (Å²) in [6.45, 7) is 2.16. The van der Waals surface area contributed by atoms with Crippen LogP contribution in [0, 0.1) is 0 Å². The molecule has 0 fully saturated rings. The van der Waals surface area contributed by atoms with E-state index in [0.29, 0.717) is 0 Å². The number of ether oxygens (including phenoxy) is 3. The predicted molar refractivity (Wildman–Crippen MR) is 93.9 cm³/mol. The molecule has 0 amide bonds. The molecule has 0 heterocycles. The summed E-state index contributed by atoms with van der Waals surface area (Å²) in [5.41, 5.74) is 3.68. The van der Waals surface area contributed by atoms with E-state index in [9.17, 15) is 0 Å². The first kappa shape index (κ1) is 17.2. The zero-order valence-corrected chi connectivity index (χ0v) is 14.5. The summed E-state index contributed by atoms with van der Waals surface area (Å²) in [6, 6.07) is 12.5. The lowest BCUT2D eigenvalue weighted by Crippen LogP contribution is -2.00. The number of methoxy groups -OCH3 is 3. The highest BCUT2D eigenvalue weighted by Crippen LogP contribution is 2.32. The van der Waals surface area contributed by atoms with Gasteiger partial charge in [-0.1, -0.05) is 25.5 Å². The molecule has 0 saturated carbocycles. The van der Waals surface area contributed by atoms with Crippen molar-refractivity contribution in [1.82, 2.24) is 0 Å². The SMILES string of the molecule is CCCc1c(OC)cc(CCc2ccc(OC)cc2)cc1OC. The molecule has 124 valence electrons. The zero-order chi connectivity index (χ0) is 16.7. The van der Waals surface area contributed by atoms with E-state index < -0.39 is 0 Å². The Morgan fingerprint density at radius 2 is 1.26 bits per heavy atom. The van der Waals surface area contributed by atoms with Gasteiger partial charge in [0.2, 0.25) is 0 Å². The van der Waals surface area contributed by atoms with Crippen LogP contribution in [0.25, 0.3) is 0 Å². The van der Waals surface area contributed by atoms with E-state index in [1.165, 1.54) is 11.1 Å². The molecular formula is C20H26O3. The van der Waals surface area contributed by atoms with Gasteiger partial charge in [-0.25, -0.2) is 0 Å². The molecule has 0 saturated heterocycles. The molecule has 0 radical (unpaired) electrons. The van der Waals surface area contributed by atoms with Crippen molar-refractivity contribution < 1.29 is 14.2 Å². The van der Waals surface area contributed by atoms with Gasteiger partial charge in [0.25, 0.3) is 0 Å². The minimum absolute atomic E-state index is 0.890. The highest BCUT2D eigenvalue weighted by atomic mass is 16.5. The van der Waals surface area contributed by atoms with E-state index in [4.69, 9.17) is 14.2 Å². The fraction of sp³-hybridized carbons (Fsp3) is 0.400. The fourth-order valence-corrected chi connectivity index (χ4v) is 2.76. The summed E-state index contributed by atoms with van der Waals surface area (Å²) in [5, 5.41) is 0. The normalized spacial score (nSPS) is 10.4. The lowest BCUT2D eigenvalue weighted by Gasteiger charge is -2.15. The van der Waals surface area contributed by atoms with Crippen LogP contribution in [-0.2, 0) is 19.3 Å². The number of hydrogen-bond donors (Lipinski definition) is 0. The Balaban J connectivity index is 2.15. The van der Waals surface area contributed by atoms with Crippen LogP contribution in [0.2, 0.25) is 0 Å². The Morgan fingerprint density at radius 3 is 1.74 bits per heavy atom. The molecule has 3 heteroatoms. The van der Waals surface area contributed by atoms with Gasteiger partial charge in [-0.05, 0) is 54.7 Å². The first-order valence-electron chi connectivity index (χ1n) is 8.08. The molecule has 0 N–H and O–H groups in total. The van der Waals surface area contributed by atoms with Gasteiger partial charge in [0.1, 0.15) is 17.2 Å². The average molecular weight is 314 g/mol. The van der Waals surface area contributed by atoms with Gasteiger partial charge in [0.15, 0.2) is 0 Å². The van der Waals surface area contributed by atoms with E-state index in [-0.39, 0.29) is 0 Å². The highest BCUT2D eigenvalue weighted by Gasteiger charge is 2.12. The molecule has 2 aromatic carbocycles. The third kappa shape index (κ3) is 4.41. The van der Waals surface area contributed by atoms with Crippen molar-refractivity contribution in [1.29, 1.82) is 0 Å². The van der Waals surface area contributed by atoms with Gasteiger partial charge < -0.3 is 14.2 Å². The fourth-order valence-electron chi connectivity index (χ4n) is 2.76. The van der Waals surface area contributed by atoms with Crippen LogP contribution in [0.15, 0.2) is 36.4 Å². The van der Waals surface area contributed by atoms with Crippen LogP contribution < -0.4 is 14.2 Å². The van der Waals surface area contributed by atoms with E-state index in [2.05, 4.69) is 31.2 Å². The molecule has 0 aliphatic heterocycles. The van der Waals surface area contributed by atoms with Crippen LogP contribution in [0.5, 0.6) is 17.2 Å². The van der Waals surface area contributed by atoms with Crippen LogP contribution in [-0.4, -0.2) is 21.3 Å². The molecule has 3 nitrogen and oxygen atoms in total. The van der Waals surface area contributed by atoms with Crippen LogP contribution >= 0.6 is 0 Å². The number of rotatable bonds is 8. The Labute approximate surface area is 139 Å². The quantitative estimate of drug-likeness (QED) is 0.720. The van der Waals surface area contributed by atoms with Crippen LogP contribution in [0.1, 0.15) is 30.0 Å². The maximum atomic E-state index is 5.57. The summed E-state index contributed by atoms with van der Waals surface area (Å²) < 4.78 is 16.3. The van der Waals surface area contributed by atoms with E-state index >= 15 is 0 Å². The standard InChI is InChI=1S/C20H26O3/c1-5-6-18-19(22-3)13-16(14-20(18)23-4)8-7-15-9-11-17(21-2)12-10-15/h9-14H,5-8H2,1-4H3. The summed E-state index contributed by atoms with van der Waals surface area (Å²) in [6.07, 6.45) is 3.96. The van der Waals surface area contributed by atoms with Crippen LogP contribution in [0.4, 0.5) is 0 Å². The van der Waals surface area contributed by atoms with E-state index in [1.54, 1.807) is 21.3 Å². The zero-order valence-electron chi connectivity index (χ0n) is 14.5. The van der Waals surface area contributed by atoms with Gasteiger partial charge in [0.05, 0.1) is 21.3 Å². The Morgan fingerprint density at radius 1 is 0.696 bits per heavy atom. The largest absolute Gasteiger partial charge is 0.497 e. The molecule has 0 spiro atoms. The first-order valence-corrected chi connectivity index (χ1v) is 8.08. The molecule has 0 atom stereocenters. The number of aryl methyl sites for hydroxylation is 2. The van der Waals surface area contributed by atoms with Gasteiger partial charge in [-0.2, -0.15) is 0 Å². The predicted octanol–water partition coefficient (Wildman–Crippen LogP) is 4.45. The highest BCUT2D eigenvalue weighted by molar-refractivity contribution is 5.48. The Bertz CT molecular complexity index is 592. The maximum Gasteiger partial charge on any atom is 0.126 e. The molecule has 23 heavy (non-hydrogen) atoms. The minimum atomic E-state index is 0.890. The third-order valence-corrected chi connectivity index (χ3v) is 4.03. The molecule has 2 rings (SSSR count). The molecule has 0 aliphatic rings. The maximum absolute atomic E-state index is 5.57. The number of hydrogen-bond acceptors (Lipinski definition) is 3. The summed E-state index contributed by atoms with van der Waals surface area (Å²) >= 11 is 0. The minimum Gasteiger partial charge on any atom is -0.497 e. The molecule has 0 aliphatic carbocycles. The second kappa shape index (κ2) is 8.47. The third-order valence-electron chi connectivity index (χ3n) is 4.03.